The molecule has 1 aliphatic carbocycles. The Morgan fingerprint density at radius 2 is 1.85 bits per heavy atom. The van der Waals surface area contributed by atoms with Crippen LogP contribution in [0.5, 0.6) is 5.75 Å². The molecule has 0 unspecified atom stereocenters. The van der Waals surface area contributed by atoms with E-state index in [1.165, 1.54) is 44.1 Å². The number of fused-ring (bicyclic) bond motifs is 1. The first kappa shape index (κ1) is 17.2. The highest BCUT2D eigenvalue weighted by atomic mass is 16.5. The molecule has 1 saturated carbocycles. The molecule has 0 bridgehead atoms. The quantitative estimate of drug-likeness (QED) is 0.880. The Morgan fingerprint density at radius 1 is 1.00 bits per heavy atom. The van der Waals surface area contributed by atoms with E-state index >= 15 is 0 Å². The van der Waals surface area contributed by atoms with Crippen LogP contribution in [0.4, 0.5) is 0 Å². The fourth-order valence-electron chi connectivity index (χ4n) is 4.78. The summed E-state index contributed by atoms with van der Waals surface area (Å²) < 4.78 is 8.43. The summed E-state index contributed by atoms with van der Waals surface area (Å²) in [4.78, 5) is 2.56. The Morgan fingerprint density at radius 3 is 2.70 bits per heavy atom. The molecule has 6 nitrogen and oxygen atoms in total. The summed E-state index contributed by atoms with van der Waals surface area (Å²) in [5, 5.41) is 12.3. The first-order valence-electron chi connectivity index (χ1n) is 10.5. The number of nitrogens with one attached hydrogen (secondary N) is 1. The molecule has 2 aliphatic heterocycles. The van der Waals surface area contributed by atoms with Gasteiger partial charge < -0.3 is 14.6 Å². The second kappa shape index (κ2) is 7.60. The Balaban J connectivity index is 1.26. The Labute approximate surface area is 160 Å². The fraction of sp³-hybridized carbons (Fsp3) is 0.619. The van der Waals surface area contributed by atoms with Gasteiger partial charge in [0.1, 0.15) is 11.6 Å². The summed E-state index contributed by atoms with van der Waals surface area (Å²) in [5.74, 6) is 3.25. The molecular formula is C21H29N5O. The van der Waals surface area contributed by atoms with Crippen LogP contribution < -0.4 is 10.1 Å². The van der Waals surface area contributed by atoms with Crippen LogP contribution in [0.1, 0.15) is 61.8 Å². The normalized spacial score (nSPS) is 23.6. The van der Waals surface area contributed by atoms with Crippen molar-refractivity contribution in [1.29, 1.82) is 0 Å². The number of ether oxygens (including phenoxy) is 1. The molecule has 1 aromatic heterocycles. The molecule has 0 radical (unpaired) electrons. The zero-order valence-corrected chi connectivity index (χ0v) is 15.9. The number of nitrogens with zero attached hydrogens (tertiary/aromatic N) is 4. The minimum atomic E-state index is 0.388. The smallest absolute Gasteiger partial charge is 0.150 e. The molecule has 1 N–H and O–H groups in total. The summed E-state index contributed by atoms with van der Waals surface area (Å²) >= 11 is 0. The van der Waals surface area contributed by atoms with Gasteiger partial charge in [-0.25, -0.2) is 0 Å². The topological polar surface area (TPSA) is 55.2 Å². The van der Waals surface area contributed by atoms with Gasteiger partial charge in [-0.2, -0.15) is 0 Å². The lowest BCUT2D eigenvalue weighted by molar-refractivity contribution is 0.209. The van der Waals surface area contributed by atoms with E-state index in [1.807, 2.05) is 0 Å². The van der Waals surface area contributed by atoms with Crippen LogP contribution in [0.15, 0.2) is 24.3 Å². The Bertz CT molecular complexity index is 765. The van der Waals surface area contributed by atoms with Gasteiger partial charge in [0.15, 0.2) is 5.82 Å². The summed E-state index contributed by atoms with van der Waals surface area (Å²) in [6.07, 6.45) is 7.85. The summed E-state index contributed by atoms with van der Waals surface area (Å²) in [6, 6.07) is 9.12. The molecule has 3 heterocycles. The van der Waals surface area contributed by atoms with Gasteiger partial charge in [-0.1, -0.05) is 12.1 Å². The second-order valence-electron chi connectivity index (χ2n) is 8.10. The van der Waals surface area contributed by atoms with E-state index in [-0.39, 0.29) is 0 Å². The van der Waals surface area contributed by atoms with Gasteiger partial charge in [0.05, 0.1) is 18.7 Å². The van der Waals surface area contributed by atoms with E-state index < -0.39 is 0 Å². The molecule has 1 atom stereocenters. The van der Waals surface area contributed by atoms with E-state index in [0.29, 0.717) is 12.1 Å². The van der Waals surface area contributed by atoms with E-state index in [0.717, 1.165) is 50.1 Å². The van der Waals surface area contributed by atoms with Gasteiger partial charge in [-0.3, -0.25) is 4.90 Å². The van der Waals surface area contributed by atoms with Crippen LogP contribution in [-0.4, -0.2) is 38.9 Å². The number of likely N-dealkylation sites (tertiary alicyclic amines) is 1. The van der Waals surface area contributed by atoms with Crippen molar-refractivity contribution in [2.24, 2.45) is 0 Å². The van der Waals surface area contributed by atoms with E-state index in [2.05, 4.69) is 49.2 Å². The molecule has 5 rings (SSSR count). The number of rotatable bonds is 5. The average molecular weight is 367 g/mol. The van der Waals surface area contributed by atoms with Crippen molar-refractivity contribution in [3.63, 3.8) is 0 Å². The van der Waals surface area contributed by atoms with Crippen molar-refractivity contribution in [3.8, 4) is 5.75 Å². The van der Waals surface area contributed by atoms with E-state index in [9.17, 15) is 0 Å². The summed E-state index contributed by atoms with van der Waals surface area (Å²) in [6.45, 7) is 4.92. The third-order valence-corrected chi connectivity index (χ3v) is 6.23. The molecule has 0 spiro atoms. The van der Waals surface area contributed by atoms with Crippen LogP contribution in [-0.2, 0) is 19.6 Å². The molecule has 144 valence electrons. The van der Waals surface area contributed by atoms with Crippen LogP contribution in [0.3, 0.4) is 0 Å². The van der Waals surface area contributed by atoms with E-state index in [1.54, 1.807) is 0 Å². The molecule has 2 aromatic rings. The van der Waals surface area contributed by atoms with Gasteiger partial charge in [0, 0.05) is 19.6 Å². The summed E-state index contributed by atoms with van der Waals surface area (Å²) in [5.41, 5.74) is 1.35. The largest absolute Gasteiger partial charge is 0.490 e. The van der Waals surface area contributed by atoms with Crippen molar-refractivity contribution in [2.75, 3.05) is 13.1 Å². The Hall–Kier alpha value is -1.92. The zero-order valence-electron chi connectivity index (χ0n) is 15.9. The van der Waals surface area contributed by atoms with Crippen molar-refractivity contribution >= 4 is 0 Å². The highest BCUT2D eigenvalue weighted by Gasteiger charge is 2.31. The van der Waals surface area contributed by atoms with Crippen LogP contribution in [0.25, 0.3) is 0 Å². The molecule has 6 heteroatoms. The maximum atomic E-state index is 6.10. The second-order valence-corrected chi connectivity index (χ2v) is 8.10. The summed E-state index contributed by atoms with van der Waals surface area (Å²) in [7, 11) is 0. The van der Waals surface area contributed by atoms with Gasteiger partial charge in [0.25, 0.3) is 0 Å². The van der Waals surface area contributed by atoms with Gasteiger partial charge >= 0.3 is 0 Å². The Kier molecular flexibility index (Phi) is 4.84. The lowest BCUT2D eigenvalue weighted by Gasteiger charge is -2.26. The van der Waals surface area contributed by atoms with Crippen molar-refractivity contribution in [1.82, 2.24) is 25.0 Å². The molecule has 2 fully saturated rings. The predicted molar refractivity (Wildman–Crippen MR) is 103 cm³/mol. The van der Waals surface area contributed by atoms with Crippen molar-refractivity contribution < 1.29 is 4.74 Å². The molecule has 1 aromatic carbocycles. The van der Waals surface area contributed by atoms with Gasteiger partial charge in [0.2, 0.25) is 0 Å². The minimum absolute atomic E-state index is 0.388. The highest BCUT2D eigenvalue weighted by Crippen LogP contribution is 2.33. The van der Waals surface area contributed by atoms with Gasteiger partial charge in [-0.15, -0.1) is 10.2 Å². The monoisotopic (exact) mass is 367 g/mol. The predicted octanol–water partition coefficient (Wildman–Crippen LogP) is 3.04. The van der Waals surface area contributed by atoms with Gasteiger partial charge in [-0.05, 0) is 62.8 Å². The number of benzene rings is 1. The van der Waals surface area contributed by atoms with Crippen LogP contribution in [0, 0.1) is 0 Å². The maximum absolute atomic E-state index is 6.10. The first-order valence-corrected chi connectivity index (χ1v) is 10.5. The fourth-order valence-corrected chi connectivity index (χ4v) is 4.78. The molecule has 3 aliphatic rings. The SMILES string of the molecule is c1cc(OC2CCCC2)ccc1CN1CCC[C@H]1c1nnc2n1CCNC2. The van der Waals surface area contributed by atoms with Crippen molar-refractivity contribution in [2.45, 2.75) is 70.3 Å². The average Bonchev–Trinajstić information content (AvgIpc) is 3.44. The number of aromatic nitrogens is 3. The van der Waals surface area contributed by atoms with Crippen LogP contribution >= 0.6 is 0 Å². The van der Waals surface area contributed by atoms with Crippen LogP contribution in [0.2, 0.25) is 0 Å². The highest BCUT2D eigenvalue weighted by molar-refractivity contribution is 5.27. The number of hydrogen-bond acceptors (Lipinski definition) is 5. The number of hydrogen-bond donors (Lipinski definition) is 1. The van der Waals surface area contributed by atoms with Crippen molar-refractivity contribution in [3.05, 3.63) is 41.5 Å². The first-order chi connectivity index (χ1) is 13.4. The lowest BCUT2D eigenvalue weighted by Crippen LogP contribution is -2.31. The minimum Gasteiger partial charge on any atom is -0.490 e. The third kappa shape index (κ3) is 3.60. The zero-order chi connectivity index (χ0) is 18.1. The molecule has 0 amide bonds. The van der Waals surface area contributed by atoms with E-state index in [4.69, 9.17) is 4.74 Å². The molecule has 27 heavy (non-hydrogen) atoms. The molecular weight excluding hydrogens is 338 g/mol. The third-order valence-electron chi connectivity index (χ3n) is 6.23. The standard InChI is InChI=1S/C21H29N5O/c1-2-5-17(4-1)27-18-9-7-16(8-10-18)15-25-12-3-6-19(25)21-24-23-20-14-22-11-13-26(20)21/h7-10,17,19,22H,1-6,11-15H2/t19-/m0/s1. The maximum Gasteiger partial charge on any atom is 0.150 e. The molecule has 1 saturated heterocycles. The lowest BCUT2D eigenvalue weighted by atomic mass is 10.1.